The van der Waals surface area contributed by atoms with E-state index in [1.807, 2.05) is 5.32 Å². The fourth-order valence-corrected chi connectivity index (χ4v) is 1.31. The molecule has 0 aromatic heterocycles. The van der Waals surface area contributed by atoms with Crippen molar-refractivity contribution >= 4 is 17.9 Å². The predicted molar refractivity (Wildman–Crippen MR) is 65.6 cm³/mol. The number of methoxy groups -OCH3 is 1. The van der Waals surface area contributed by atoms with E-state index in [1.165, 1.54) is 20.1 Å². The molecule has 0 saturated heterocycles. The van der Waals surface area contributed by atoms with Crippen LogP contribution in [0.25, 0.3) is 0 Å². The van der Waals surface area contributed by atoms with Crippen molar-refractivity contribution in [3.05, 3.63) is 29.8 Å². The summed E-state index contributed by atoms with van der Waals surface area (Å²) in [4.78, 5) is 33.7. The Balaban J connectivity index is 2.74. The molecule has 0 aliphatic carbocycles. The van der Waals surface area contributed by atoms with Crippen LogP contribution in [0.4, 0.5) is 4.79 Å². The van der Waals surface area contributed by atoms with E-state index in [0.717, 1.165) is 0 Å². The summed E-state index contributed by atoms with van der Waals surface area (Å²) >= 11 is 0. The van der Waals surface area contributed by atoms with Gasteiger partial charge in [0.05, 0.1) is 7.11 Å². The van der Waals surface area contributed by atoms with E-state index in [1.54, 1.807) is 18.2 Å². The third kappa shape index (κ3) is 3.98. The molecule has 0 heterocycles. The Labute approximate surface area is 109 Å². The first-order chi connectivity index (χ1) is 8.95. The first kappa shape index (κ1) is 14.5. The lowest BCUT2D eigenvalue weighted by Gasteiger charge is -2.13. The van der Waals surface area contributed by atoms with Gasteiger partial charge >= 0.3 is 12.0 Å². The Hall–Kier alpha value is -2.57. The number of nitrogens with one attached hydrogen (secondary N) is 1. The molecule has 0 spiro atoms. The molecule has 1 atom stereocenters. The molecule has 0 unspecified atom stereocenters. The molecule has 1 aromatic rings. The molecule has 3 amide bonds. The Morgan fingerprint density at radius 2 is 1.89 bits per heavy atom. The molecule has 3 N–H and O–H groups in total. The number of primary amides is 1. The number of ether oxygens (including phenoxy) is 2. The molecule has 0 saturated carbocycles. The molecular formula is C12H14N2O5. The number of carbonyl (C=O) groups is 3. The molecule has 0 fully saturated rings. The van der Waals surface area contributed by atoms with Gasteiger partial charge in [0.2, 0.25) is 0 Å². The number of rotatable bonds is 4. The van der Waals surface area contributed by atoms with E-state index in [4.69, 9.17) is 15.2 Å². The van der Waals surface area contributed by atoms with Crippen molar-refractivity contribution in [3.63, 3.8) is 0 Å². The van der Waals surface area contributed by atoms with Crippen LogP contribution in [0, 0.1) is 0 Å². The van der Waals surface area contributed by atoms with Crippen molar-refractivity contribution in [2.45, 2.75) is 13.0 Å². The van der Waals surface area contributed by atoms with Crippen LogP contribution >= 0.6 is 0 Å². The second kappa shape index (κ2) is 6.39. The molecule has 1 rings (SSSR count). The monoisotopic (exact) mass is 266 g/mol. The third-order valence-electron chi connectivity index (χ3n) is 2.23. The molecule has 7 nitrogen and oxygen atoms in total. The van der Waals surface area contributed by atoms with Crippen molar-refractivity contribution in [2.75, 3.05) is 7.11 Å². The van der Waals surface area contributed by atoms with Gasteiger partial charge in [-0.2, -0.15) is 0 Å². The first-order valence-electron chi connectivity index (χ1n) is 5.40. The van der Waals surface area contributed by atoms with Crippen LogP contribution in [0.5, 0.6) is 5.75 Å². The highest BCUT2D eigenvalue weighted by Crippen LogP contribution is 2.18. The van der Waals surface area contributed by atoms with Gasteiger partial charge < -0.3 is 15.2 Å². The summed E-state index contributed by atoms with van der Waals surface area (Å²) < 4.78 is 9.90. The van der Waals surface area contributed by atoms with Gasteiger partial charge in [0.1, 0.15) is 11.3 Å². The quantitative estimate of drug-likeness (QED) is 0.768. The molecule has 0 radical (unpaired) electrons. The van der Waals surface area contributed by atoms with E-state index in [2.05, 4.69) is 0 Å². The lowest BCUT2D eigenvalue weighted by atomic mass is 10.2. The largest absolute Gasteiger partial charge is 0.496 e. The number of imide groups is 1. The van der Waals surface area contributed by atoms with Crippen molar-refractivity contribution < 1.29 is 23.9 Å². The average Bonchev–Trinajstić information content (AvgIpc) is 2.37. The summed E-state index contributed by atoms with van der Waals surface area (Å²) in [7, 11) is 1.41. The van der Waals surface area contributed by atoms with E-state index < -0.39 is 24.0 Å². The van der Waals surface area contributed by atoms with Gasteiger partial charge in [-0.1, -0.05) is 12.1 Å². The standard InChI is InChI=1S/C12H14N2O5/c1-7(10(15)14-12(13)17)19-11(16)8-5-3-4-6-9(8)18-2/h3-7H,1-2H3,(H3,13,14,15,17)/t7-/m0/s1. The van der Waals surface area contributed by atoms with E-state index >= 15 is 0 Å². The number of amides is 3. The summed E-state index contributed by atoms with van der Waals surface area (Å²) in [6.45, 7) is 1.32. The van der Waals surface area contributed by atoms with E-state index in [-0.39, 0.29) is 5.56 Å². The Morgan fingerprint density at radius 1 is 1.26 bits per heavy atom. The number of esters is 1. The Morgan fingerprint density at radius 3 is 2.47 bits per heavy atom. The molecule has 0 aliphatic heterocycles. The van der Waals surface area contributed by atoms with Crippen LogP contribution in [0.2, 0.25) is 0 Å². The number of urea groups is 1. The summed E-state index contributed by atoms with van der Waals surface area (Å²) in [5, 5.41) is 1.82. The highest BCUT2D eigenvalue weighted by molar-refractivity contribution is 5.98. The molecule has 0 aliphatic rings. The van der Waals surface area contributed by atoms with Gasteiger partial charge in [-0.15, -0.1) is 0 Å². The van der Waals surface area contributed by atoms with E-state index in [9.17, 15) is 14.4 Å². The summed E-state index contributed by atoms with van der Waals surface area (Å²) in [5.41, 5.74) is 4.97. The van der Waals surface area contributed by atoms with Gasteiger partial charge in [-0.3, -0.25) is 10.1 Å². The number of carbonyl (C=O) groups excluding carboxylic acids is 3. The van der Waals surface area contributed by atoms with Gasteiger partial charge in [0.15, 0.2) is 6.10 Å². The van der Waals surface area contributed by atoms with Crippen LogP contribution < -0.4 is 15.8 Å². The highest BCUT2D eigenvalue weighted by atomic mass is 16.5. The molecular weight excluding hydrogens is 252 g/mol. The topological polar surface area (TPSA) is 108 Å². The van der Waals surface area contributed by atoms with Gasteiger partial charge in [-0.05, 0) is 19.1 Å². The van der Waals surface area contributed by atoms with Crippen molar-refractivity contribution in [1.29, 1.82) is 0 Å². The number of benzene rings is 1. The average molecular weight is 266 g/mol. The summed E-state index contributed by atoms with van der Waals surface area (Å²) in [5.74, 6) is -1.20. The van der Waals surface area contributed by atoms with Crippen molar-refractivity contribution in [2.24, 2.45) is 5.73 Å². The molecule has 0 bridgehead atoms. The van der Waals surface area contributed by atoms with Crippen LogP contribution in [0.3, 0.4) is 0 Å². The zero-order valence-corrected chi connectivity index (χ0v) is 10.5. The van der Waals surface area contributed by atoms with Gasteiger partial charge in [0.25, 0.3) is 5.91 Å². The lowest BCUT2D eigenvalue weighted by molar-refractivity contribution is -0.127. The zero-order valence-electron chi connectivity index (χ0n) is 10.5. The normalized spacial score (nSPS) is 11.3. The van der Waals surface area contributed by atoms with Crippen molar-refractivity contribution in [1.82, 2.24) is 5.32 Å². The molecule has 102 valence electrons. The van der Waals surface area contributed by atoms with Crippen molar-refractivity contribution in [3.8, 4) is 5.75 Å². The second-order valence-electron chi connectivity index (χ2n) is 3.60. The van der Waals surface area contributed by atoms with Gasteiger partial charge in [-0.25, -0.2) is 9.59 Å². The smallest absolute Gasteiger partial charge is 0.342 e. The maximum Gasteiger partial charge on any atom is 0.342 e. The summed E-state index contributed by atoms with van der Waals surface area (Å²) in [6.07, 6.45) is -1.15. The lowest BCUT2D eigenvalue weighted by Crippen LogP contribution is -2.42. The van der Waals surface area contributed by atoms with Crippen LogP contribution in [-0.2, 0) is 9.53 Å². The minimum absolute atomic E-state index is 0.184. The van der Waals surface area contributed by atoms with Crippen LogP contribution in [-0.4, -0.2) is 31.1 Å². The first-order valence-corrected chi connectivity index (χ1v) is 5.40. The maximum atomic E-state index is 11.8. The minimum atomic E-state index is -1.15. The fraction of sp³-hybridized carbons (Fsp3) is 0.250. The molecule has 19 heavy (non-hydrogen) atoms. The number of hydrogen-bond donors (Lipinski definition) is 2. The molecule has 1 aromatic carbocycles. The molecule has 7 heteroatoms. The Bertz CT molecular complexity index is 501. The number of nitrogens with two attached hydrogens (primary N) is 1. The fourth-order valence-electron chi connectivity index (χ4n) is 1.31. The summed E-state index contributed by atoms with van der Waals surface area (Å²) in [6, 6.07) is 5.40. The SMILES string of the molecule is COc1ccccc1C(=O)O[C@@H](C)C(=O)NC(N)=O. The van der Waals surface area contributed by atoms with Crippen LogP contribution in [0.1, 0.15) is 17.3 Å². The zero-order chi connectivity index (χ0) is 14.4. The highest BCUT2D eigenvalue weighted by Gasteiger charge is 2.21. The van der Waals surface area contributed by atoms with Gasteiger partial charge in [0, 0.05) is 0 Å². The maximum absolute atomic E-state index is 11.8. The Kier molecular flexibility index (Phi) is 4.87. The number of hydrogen-bond acceptors (Lipinski definition) is 5. The second-order valence-corrected chi connectivity index (χ2v) is 3.60. The predicted octanol–water partition coefficient (Wildman–Crippen LogP) is 0.435. The van der Waals surface area contributed by atoms with E-state index in [0.29, 0.717) is 5.75 Å². The number of para-hydroxylation sites is 1. The third-order valence-corrected chi connectivity index (χ3v) is 2.23. The van der Waals surface area contributed by atoms with Crippen LogP contribution in [0.15, 0.2) is 24.3 Å². The minimum Gasteiger partial charge on any atom is -0.496 e.